The van der Waals surface area contributed by atoms with Crippen molar-refractivity contribution in [3.8, 4) is 0 Å². The molecule has 1 aromatic rings. The number of anilines is 1. The fraction of sp³-hybridized carbons (Fsp3) is 0.417. The second-order valence-corrected chi connectivity index (χ2v) is 6.77. The van der Waals surface area contributed by atoms with E-state index in [1.54, 1.807) is 19.2 Å². The van der Waals surface area contributed by atoms with Crippen molar-refractivity contribution in [2.24, 2.45) is 0 Å². The molecule has 0 saturated heterocycles. The Morgan fingerprint density at radius 1 is 1.33 bits per heavy atom. The van der Waals surface area contributed by atoms with Crippen molar-refractivity contribution in [3.63, 3.8) is 0 Å². The summed E-state index contributed by atoms with van der Waals surface area (Å²) in [5, 5.41) is -1.02. The lowest BCUT2D eigenvalue weighted by molar-refractivity contribution is -0.129. The molecule has 18 heavy (non-hydrogen) atoms. The van der Waals surface area contributed by atoms with Crippen LogP contribution in [0.25, 0.3) is 0 Å². The first-order chi connectivity index (χ1) is 8.21. The highest BCUT2D eigenvalue weighted by molar-refractivity contribution is 7.92. The third-order valence-electron chi connectivity index (χ3n) is 2.77. The predicted octanol–water partition coefficient (Wildman–Crippen LogP) is 0.660. The van der Waals surface area contributed by atoms with Gasteiger partial charge in [-0.25, -0.2) is 8.42 Å². The fourth-order valence-electron chi connectivity index (χ4n) is 1.47. The zero-order chi connectivity index (χ0) is 13.9. The van der Waals surface area contributed by atoms with E-state index in [1.165, 1.54) is 11.8 Å². The lowest BCUT2D eigenvalue weighted by Gasteiger charge is -2.20. The van der Waals surface area contributed by atoms with E-state index in [0.717, 1.165) is 11.8 Å². The molecule has 0 aliphatic carbocycles. The van der Waals surface area contributed by atoms with Gasteiger partial charge in [0.2, 0.25) is 5.91 Å². The van der Waals surface area contributed by atoms with Gasteiger partial charge in [-0.3, -0.25) is 4.79 Å². The SMILES string of the molecule is CC(C(=O)N(C)Cc1ccc(N)cc1)S(C)(=O)=O. The number of sulfone groups is 1. The maximum Gasteiger partial charge on any atom is 0.240 e. The maximum absolute atomic E-state index is 11.9. The lowest BCUT2D eigenvalue weighted by Crippen LogP contribution is -2.38. The molecule has 1 rings (SSSR count). The summed E-state index contributed by atoms with van der Waals surface area (Å²) in [5.74, 6) is -0.408. The van der Waals surface area contributed by atoms with E-state index >= 15 is 0 Å². The van der Waals surface area contributed by atoms with Crippen molar-refractivity contribution in [2.45, 2.75) is 18.7 Å². The smallest absolute Gasteiger partial charge is 0.240 e. The molecule has 1 atom stereocenters. The molecule has 0 spiro atoms. The highest BCUT2D eigenvalue weighted by Gasteiger charge is 2.26. The van der Waals surface area contributed by atoms with Crippen LogP contribution in [0.4, 0.5) is 5.69 Å². The molecule has 0 heterocycles. The number of carbonyl (C=O) groups excluding carboxylic acids is 1. The van der Waals surface area contributed by atoms with Crippen LogP contribution >= 0.6 is 0 Å². The van der Waals surface area contributed by atoms with E-state index in [-0.39, 0.29) is 0 Å². The topological polar surface area (TPSA) is 80.5 Å². The molecule has 6 heteroatoms. The van der Waals surface area contributed by atoms with Gasteiger partial charge in [-0.05, 0) is 24.6 Å². The molecule has 0 fully saturated rings. The molecule has 1 amide bonds. The molecule has 100 valence electrons. The third kappa shape index (κ3) is 3.73. The molecule has 0 saturated carbocycles. The van der Waals surface area contributed by atoms with Crippen molar-refractivity contribution >= 4 is 21.4 Å². The molecule has 5 nitrogen and oxygen atoms in total. The molecular formula is C12H18N2O3S. The number of benzene rings is 1. The summed E-state index contributed by atoms with van der Waals surface area (Å²) in [6.45, 7) is 1.76. The predicted molar refractivity (Wildman–Crippen MR) is 71.6 cm³/mol. The molecule has 1 aromatic carbocycles. The van der Waals surface area contributed by atoms with Crippen LogP contribution in [0.15, 0.2) is 24.3 Å². The third-order valence-corrected chi connectivity index (χ3v) is 4.25. The molecule has 0 aliphatic rings. The van der Waals surface area contributed by atoms with Crippen LogP contribution in [0.5, 0.6) is 0 Å². The molecule has 0 aliphatic heterocycles. The lowest BCUT2D eigenvalue weighted by atomic mass is 10.2. The summed E-state index contributed by atoms with van der Waals surface area (Å²) in [7, 11) is -1.77. The first-order valence-electron chi connectivity index (χ1n) is 5.50. The van der Waals surface area contributed by atoms with Gasteiger partial charge in [0.1, 0.15) is 5.25 Å². The minimum Gasteiger partial charge on any atom is -0.399 e. The van der Waals surface area contributed by atoms with E-state index in [1.807, 2.05) is 12.1 Å². The van der Waals surface area contributed by atoms with E-state index in [4.69, 9.17) is 5.73 Å². The van der Waals surface area contributed by atoms with Crippen LogP contribution in [0.3, 0.4) is 0 Å². The summed E-state index contributed by atoms with van der Waals surface area (Å²) >= 11 is 0. The Kier molecular flexibility index (Phi) is 4.34. The Labute approximate surface area is 108 Å². The van der Waals surface area contributed by atoms with Crippen molar-refractivity contribution in [1.82, 2.24) is 4.90 Å². The summed E-state index contributed by atoms with van der Waals surface area (Å²) in [5.41, 5.74) is 7.12. The van der Waals surface area contributed by atoms with E-state index in [0.29, 0.717) is 12.2 Å². The Hall–Kier alpha value is -1.56. The van der Waals surface area contributed by atoms with E-state index in [2.05, 4.69) is 0 Å². The summed E-state index contributed by atoms with van der Waals surface area (Å²) in [4.78, 5) is 13.3. The summed E-state index contributed by atoms with van der Waals surface area (Å²) in [6, 6.07) is 7.11. The van der Waals surface area contributed by atoms with Gasteiger partial charge >= 0.3 is 0 Å². The molecule has 0 aromatic heterocycles. The average Bonchev–Trinajstić information content (AvgIpc) is 2.29. The van der Waals surface area contributed by atoms with Crippen LogP contribution in [-0.2, 0) is 21.2 Å². The standard InChI is InChI=1S/C12H18N2O3S/c1-9(18(3,16)17)12(15)14(2)8-10-4-6-11(13)7-5-10/h4-7,9H,8,13H2,1-3H3. The number of hydrogen-bond acceptors (Lipinski definition) is 4. The Bertz CT molecular complexity index is 523. The number of hydrogen-bond donors (Lipinski definition) is 1. The molecule has 0 bridgehead atoms. The normalized spacial score (nSPS) is 13.1. The zero-order valence-electron chi connectivity index (χ0n) is 10.8. The Morgan fingerprint density at radius 2 is 1.83 bits per heavy atom. The maximum atomic E-state index is 11.9. The van der Waals surface area contributed by atoms with Crippen LogP contribution < -0.4 is 5.73 Å². The second kappa shape index (κ2) is 5.39. The largest absolute Gasteiger partial charge is 0.399 e. The zero-order valence-corrected chi connectivity index (χ0v) is 11.6. The Morgan fingerprint density at radius 3 is 2.28 bits per heavy atom. The molecule has 2 N–H and O–H groups in total. The minimum atomic E-state index is -3.36. The second-order valence-electron chi connectivity index (χ2n) is 4.41. The first-order valence-corrected chi connectivity index (χ1v) is 7.45. The molecule has 1 unspecified atom stereocenters. The number of amides is 1. The van der Waals surface area contributed by atoms with Crippen LogP contribution in [-0.4, -0.2) is 37.8 Å². The first kappa shape index (κ1) is 14.5. The van der Waals surface area contributed by atoms with Gasteiger partial charge in [0, 0.05) is 25.5 Å². The number of rotatable bonds is 4. The van der Waals surface area contributed by atoms with Gasteiger partial charge in [-0.15, -0.1) is 0 Å². The van der Waals surface area contributed by atoms with Gasteiger partial charge in [0.25, 0.3) is 0 Å². The van der Waals surface area contributed by atoms with Crippen molar-refractivity contribution in [2.75, 3.05) is 19.0 Å². The average molecular weight is 270 g/mol. The summed E-state index contributed by atoms with van der Waals surface area (Å²) < 4.78 is 22.6. The van der Waals surface area contributed by atoms with Crippen molar-refractivity contribution in [1.29, 1.82) is 0 Å². The number of nitrogen functional groups attached to an aromatic ring is 1. The van der Waals surface area contributed by atoms with Gasteiger partial charge in [0.05, 0.1) is 0 Å². The van der Waals surface area contributed by atoms with Crippen LogP contribution in [0, 0.1) is 0 Å². The van der Waals surface area contributed by atoms with E-state index in [9.17, 15) is 13.2 Å². The van der Waals surface area contributed by atoms with Crippen molar-refractivity contribution in [3.05, 3.63) is 29.8 Å². The highest BCUT2D eigenvalue weighted by atomic mass is 32.2. The number of carbonyl (C=O) groups is 1. The van der Waals surface area contributed by atoms with Crippen molar-refractivity contribution < 1.29 is 13.2 Å². The van der Waals surface area contributed by atoms with Gasteiger partial charge in [-0.2, -0.15) is 0 Å². The minimum absolute atomic E-state index is 0.360. The number of nitrogens with zero attached hydrogens (tertiary/aromatic N) is 1. The Balaban J connectivity index is 2.74. The fourth-order valence-corrected chi connectivity index (χ4v) is 2.01. The highest BCUT2D eigenvalue weighted by Crippen LogP contribution is 2.10. The van der Waals surface area contributed by atoms with E-state index < -0.39 is 21.0 Å². The quantitative estimate of drug-likeness (QED) is 0.815. The summed E-state index contributed by atoms with van der Waals surface area (Å²) in [6.07, 6.45) is 1.06. The molecule has 0 radical (unpaired) electrons. The monoisotopic (exact) mass is 270 g/mol. The van der Waals surface area contributed by atoms with Gasteiger partial charge < -0.3 is 10.6 Å². The van der Waals surface area contributed by atoms with Crippen LogP contribution in [0.1, 0.15) is 12.5 Å². The number of nitrogens with two attached hydrogens (primary N) is 1. The van der Waals surface area contributed by atoms with Gasteiger partial charge in [0.15, 0.2) is 9.84 Å². The molecular weight excluding hydrogens is 252 g/mol. The van der Waals surface area contributed by atoms with Gasteiger partial charge in [-0.1, -0.05) is 12.1 Å². The van der Waals surface area contributed by atoms with Crippen LogP contribution in [0.2, 0.25) is 0 Å².